The van der Waals surface area contributed by atoms with E-state index in [0.717, 1.165) is 29.5 Å². The number of amides is 1. The van der Waals surface area contributed by atoms with E-state index >= 15 is 0 Å². The lowest BCUT2D eigenvalue weighted by molar-refractivity contribution is 0.0692. The van der Waals surface area contributed by atoms with Crippen LogP contribution in [0.2, 0.25) is 0 Å². The summed E-state index contributed by atoms with van der Waals surface area (Å²) < 4.78 is 14.5. The van der Waals surface area contributed by atoms with Gasteiger partial charge in [-0.25, -0.2) is 4.39 Å². The molecule has 0 bridgehead atoms. The standard InChI is InChI=1S/C13H15FINO/c1-9-4-6-16(7-5-9)13(17)11-8-10(15)2-3-12(11)14/h2-3,8-9H,4-7H2,1H3. The number of piperidine rings is 1. The first-order chi connectivity index (χ1) is 8.08. The maximum atomic E-state index is 13.6. The third kappa shape index (κ3) is 2.97. The van der Waals surface area contributed by atoms with E-state index in [4.69, 9.17) is 0 Å². The third-order valence-corrected chi connectivity index (χ3v) is 3.90. The molecular weight excluding hydrogens is 332 g/mol. The quantitative estimate of drug-likeness (QED) is 0.714. The van der Waals surface area contributed by atoms with Gasteiger partial charge in [-0.1, -0.05) is 6.92 Å². The summed E-state index contributed by atoms with van der Waals surface area (Å²) in [5.41, 5.74) is 0.200. The fourth-order valence-corrected chi connectivity index (χ4v) is 2.53. The van der Waals surface area contributed by atoms with Crippen LogP contribution >= 0.6 is 22.6 Å². The Morgan fingerprint density at radius 1 is 1.41 bits per heavy atom. The van der Waals surface area contributed by atoms with Gasteiger partial charge in [0.25, 0.3) is 5.91 Å². The summed E-state index contributed by atoms with van der Waals surface area (Å²) in [5, 5.41) is 0. The van der Waals surface area contributed by atoms with Crippen LogP contribution in [0.3, 0.4) is 0 Å². The van der Waals surface area contributed by atoms with Gasteiger partial charge in [0.15, 0.2) is 0 Å². The molecule has 1 aromatic carbocycles. The largest absolute Gasteiger partial charge is 0.339 e. The Morgan fingerprint density at radius 2 is 2.06 bits per heavy atom. The molecule has 1 aromatic rings. The predicted octanol–water partition coefficient (Wildman–Crippen LogP) is 3.30. The molecule has 2 rings (SSSR count). The van der Waals surface area contributed by atoms with E-state index in [2.05, 4.69) is 29.5 Å². The van der Waals surface area contributed by atoms with Crippen molar-refractivity contribution in [3.63, 3.8) is 0 Å². The molecule has 4 heteroatoms. The molecule has 92 valence electrons. The van der Waals surface area contributed by atoms with Crippen LogP contribution in [0.4, 0.5) is 4.39 Å². The molecule has 0 atom stereocenters. The molecule has 0 N–H and O–H groups in total. The number of rotatable bonds is 1. The van der Waals surface area contributed by atoms with Crippen molar-refractivity contribution in [3.05, 3.63) is 33.1 Å². The summed E-state index contributed by atoms with van der Waals surface area (Å²) in [6.07, 6.45) is 2.02. The molecule has 2 nitrogen and oxygen atoms in total. The first-order valence-electron chi connectivity index (χ1n) is 5.82. The minimum atomic E-state index is -0.422. The van der Waals surface area contributed by atoms with Crippen molar-refractivity contribution in [2.24, 2.45) is 5.92 Å². The second-order valence-electron chi connectivity index (χ2n) is 4.60. The number of hydrogen-bond donors (Lipinski definition) is 0. The molecule has 1 aliphatic heterocycles. The van der Waals surface area contributed by atoms with Crippen LogP contribution in [0.5, 0.6) is 0 Å². The number of likely N-dealkylation sites (tertiary alicyclic amines) is 1. The molecule has 1 fully saturated rings. The van der Waals surface area contributed by atoms with E-state index in [0.29, 0.717) is 5.92 Å². The lowest BCUT2D eigenvalue weighted by atomic mass is 9.98. The Kier molecular flexibility index (Phi) is 4.01. The molecule has 0 unspecified atom stereocenters. The highest BCUT2D eigenvalue weighted by molar-refractivity contribution is 14.1. The third-order valence-electron chi connectivity index (χ3n) is 3.23. The Bertz CT molecular complexity index is 427. The Hall–Kier alpha value is -0.650. The summed E-state index contributed by atoms with van der Waals surface area (Å²) in [6, 6.07) is 4.66. The first-order valence-corrected chi connectivity index (χ1v) is 6.90. The van der Waals surface area contributed by atoms with Crippen LogP contribution in [-0.2, 0) is 0 Å². The smallest absolute Gasteiger partial charge is 0.256 e. The fourth-order valence-electron chi connectivity index (χ4n) is 2.04. The van der Waals surface area contributed by atoms with Crippen molar-refractivity contribution >= 4 is 28.5 Å². The zero-order valence-corrected chi connectivity index (χ0v) is 11.9. The van der Waals surface area contributed by atoms with Crippen molar-refractivity contribution in [2.75, 3.05) is 13.1 Å². The number of hydrogen-bond acceptors (Lipinski definition) is 1. The van der Waals surface area contributed by atoms with E-state index < -0.39 is 5.82 Å². The second-order valence-corrected chi connectivity index (χ2v) is 5.84. The van der Waals surface area contributed by atoms with Crippen LogP contribution in [0, 0.1) is 15.3 Å². The zero-order chi connectivity index (χ0) is 12.4. The fraction of sp³-hybridized carbons (Fsp3) is 0.462. The molecule has 0 spiro atoms. The minimum absolute atomic E-state index is 0.173. The Balaban J connectivity index is 2.16. The molecule has 1 saturated heterocycles. The van der Waals surface area contributed by atoms with E-state index in [1.54, 1.807) is 17.0 Å². The van der Waals surface area contributed by atoms with Crippen LogP contribution in [0.15, 0.2) is 18.2 Å². The van der Waals surface area contributed by atoms with E-state index in [1.165, 1.54) is 6.07 Å². The first kappa shape index (κ1) is 12.8. The summed E-state index contributed by atoms with van der Waals surface area (Å²) in [6.45, 7) is 3.67. The maximum absolute atomic E-state index is 13.6. The van der Waals surface area contributed by atoms with Gasteiger partial charge in [0.05, 0.1) is 5.56 Å². The average molecular weight is 347 g/mol. The molecular formula is C13H15FINO. The minimum Gasteiger partial charge on any atom is -0.339 e. The van der Waals surface area contributed by atoms with E-state index in [-0.39, 0.29) is 11.5 Å². The average Bonchev–Trinajstić information content (AvgIpc) is 2.32. The highest BCUT2D eigenvalue weighted by atomic mass is 127. The normalized spacial score (nSPS) is 17.2. The van der Waals surface area contributed by atoms with Crippen LogP contribution < -0.4 is 0 Å². The van der Waals surface area contributed by atoms with Gasteiger partial charge >= 0.3 is 0 Å². The van der Waals surface area contributed by atoms with Crippen molar-refractivity contribution in [1.82, 2.24) is 4.90 Å². The van der Waals surface area contributed by atoms with E-state index in [1.807, 2.05) is 0 Å². The van der Waals surface area contributed by atoms with Crippen molar-refractivity contribution in [2.45, 2.75) is 19.8 Å². The van der Waals surface area contributed by atoms with Gasteiger partial charge < -0.3 is 4.90 Å². The van der Waals surface area contributed by atoms with Gasteiger partial charge in [0.2, 0.25) is 0 Å². The molecule has 0 aliphatic carbocycles. The van der Waals surface area contributed by atoms with Crippen LogP contribution in [0.1, 0.15) is 30.1 Å². The molecule has 0 saturated carbocycles. The zero-order valence-electron chi connectivity index (χ0n) is 9.75. The number of carbonyl (C=O) groups is 1. The number of halogens is 2. The molecule has 1 amide bonds. The van der Waals surface area contributed by atoms with Gasteiger partial charge in [-0.05, 0) is 59.5 Å². The molecule has 1 heterocycles. The van der Waals surface area contributed by atoms with Gasteiger partial charge in [-0.3, -0.25) is 4.79 Å². The van der Waals surface area contributed by atoms with Gasteiger partial charge in [0.1, 0.15) is 5.82 Å². The Labute approximate surface area is 114 Å². The number of benzene rings is 1. The number of nitrogens with zero attached hydrogens (tertiary/aromatic N) is 1. The highest BCUT2D eigenvalue weighted by Crippen LogP contribution is 2.20. The maximum Gasteiger partial charge on any atom is 0.256 e. The SMILES string of the molecule is CC1CCN(C(=O)c2cc(I)ccc2F)CC1. The summed E-state index contributed by atoms with van der Waals surface area (Å²) in [4.78, 5) is 13.9. The lowest BCUT2D eigenvalue weighted by Crippen LogP contribution is -2.38. The van der Waals surface area contributed by atoms with Gasteiger partial charge in [-0.2, -0.15) is 0 Å². The number of carbonyl (C=O) groups excluding carboxylic acids is 1. The predicted molar refractivity (Wildman–Crippen MR) is 73.4 cm³/mol. The molecule has 1 aliphatic rings. The topological polar surface area (TPSA) is 20.3 Å². The van der Waals surface area contributed by atoms with Crippen molar-refractivity contribution in [1.29, 1.82) is 0 Å². The van der Waals surface area contributed by atoms with Crippen molar-refractivity contribution in [3.8, 4) is 0 Å². The second kappa shape index (κ2) is 5.33. The van der Waals surface area contributed by atoms with Crippen LogP contribution in [-0.4, -0.2) is 23.9 Å². The summed E-state index contributed by atoms with van der Waals surface area (Å²) >= 11 is 2.09. The van der Waals surface area contributed by atoms with Gasteiger partial charge in [-0.15, -0.1) is 0 Å². The summed E-state index contributed by atoms with van der Waals surface area (Å²) in [5.74, 6) is 0.0711. The van der Waals surface area contributed by atoms with Crippen molar-refractivity contribution < 1.29 is 9.18 Å². The highest BCUT2D eigenvalue weighted by Gasteiger charge is 2.23. The molecule has 17 heavy (non-hydrogen) atoms. The molecule has 0 aromatic heterocycles. The summed E-state index contributed by atoms with van der Waals surface area (Å²) in [7, 11) is 0. The van der Waals surface area contributed by atoms with Gasteiger partial charge in [0, 0.05) is 16.7 Å². The van der Waals surface area contributed by atoms with E-state index in [9.17, 15) is 9.18 Å². The molecule has 0 radical (unpaired) electrons. The monoisotopic (exact) mass is 347 g/mol. The Morgan fingerprint density at radius 3 is 2.71 bits per heavy atom. The van der Waals surface area contributed by atoms with Crippen LogP contribution in [0.25, 0.3) is 0 Å². The lowest BCUT2D eigenvalue weighted by Gasteiger charge is -2.30.